The van der Waals surface area contributed by atoms with Crippen molar-refractivity contribution in [2.45, 2.75) is 59.4 Å². The SMILES string of the molecule is CCCC(CCC)Nc1ccc(NC(C)=O)c(C)c1. The van der Waals surface area contributed by atoms with Gasteiger partial charge in [-0.3, -0.25) is 4.79 Å². The van der Waals surface area contributed by atoms with Crippen LogP contribution in [0.2, 0.25) is 0 Å². The van der Waals surface area contributed by atoms with E-state index < -0.39 is 0 Å². The predicted octanol–water partition coefficient (Wildman–Crippen LogP) is 4.33. The Morgan fingerprint density at radius 3 is 2.32 bits per heavy atom. The quantitative estimate of drug-likeness (QED) is 0.767. The minimum Gasteiger partial charge on any atom is -0.382 e. The van der Waals surface area contributed by atoms with E-state index in [0.717, 1.165) is 16.9 Å². The van der Waals surface area contributed by atoms with Crippen molar-refractivity contribution in [3.63, 3.8) is 0 Å². The van der Waals surface area contributed by atoms with Crippen LogP contribution in [0.25, 0.3) is 0 Å². The molecule has 106 valence electrons. The zero-order valence-electron chi connectivity index (χ0n) is 12.5. The predicted molar refractivity (Wildman–Crippen MR) is 82.7 cm³/mol. The molecule has 3 heteroatoms. The van der Waals surface area contributed by atoms with Gasteiger partial charge in [0, 0.05) is 24.3 Å². The summed E-state index contributed by atoms with van der Waals surface area (Å²) in [4.78, 5) is 11.1. The molecule has 0 aliphatic carbocycles. The van der Waals surface area contributed by atoms with E-state index in [2.05, 4.69) is 30.5 Å². The van der Waals surface area contributed by atoms with Crippen LogP contribution in [0.3, 0.4) is 0 Å². The summed E-state index contributed by atoms with van der Waals surface area (Å²) >= 11 is 0. The number of amides is 1. The highest BCUT2D eigenvalue weighted by molar-refractivity contribution is 5.89. The Kier molecular flexibility index (Phi) is 6.40. The van der Waals surface area contributed by atoms with Crippen molar-refractivity contribution < 1.29 is 4.79 Å². The maximum atomic E-state index is 11.1. The number of nitrogens with one attached hydrogen (secondary N) is 2. The number of hydrogen-bond donors (Lipinski definition) is 2. The van der Waals surface area contributed by atoms with Crippen LogP contribution >= 0.6 is 0 Å². The summed E-state index contributed by atoms with van der Waals surface area (Å²) < 4.78 is 0. The van der Waals surface area contributed by atoms with Crippen LogP contribution in [0.1, 0.15) is 52.0 Å². The van der Waals surface area contributed by atoms with Crippen molar-refractivity contribution >= 4 is 17.3 Å². The van der Waals surface area contributed by atoms with Gasteiger partial charge in [0.25, 0.3) is 0 Å². The highest BCUT2D eigenvalue weighted by Gasteiger charge is 2.07. The number of benzene rings is 1. The highest BCUT2D eigenvalue weighted by atomic mass is 16.1. The lowest BCUT2D eigenvalue weighted by Gasteiger charge is -2.19. The zero-order valence-corrected chi connectivity index (χ0v) is 12.5. The lowest BCUT2D eigenvalue weighted by Crippen LogP contribution is -2.19. The first-order valence-corrected chi connectivity index (χ1v) is 7.21. The summed E-state index contributed by atoms with van der Waals surface area (Å²) in [6, 6.07) is 6.65. The second-order valence-electron chi connectivity index (χ2n) is 5.13. The van der Waals surface area contributed by atoms with Crippen molar-refractivity contribution in [2.24, 2.45) is 0 Å². The van der Waals surface area contributed by atoms with E-state index in [9.17, 15) is 4.79 Å². The van der Waals surface area contributed by atoms with Gasteiger partial charge >= 0.3 is 0 Å². The van der Waals surface area contributed by atoms with Crippen LogP contribution in [0, 0.1) is 6.92 Å². The van der Waals surface area contributed by atoms with Crippen molar-refractivity contribution in [1.29, 1.82) is 0 Å². The molecule has 3 nitrogen and oxygen atoms in total. The molecule has 0 bridgehead atoms. The fourth-order valence-corrected chi connectivity index (χ4v) is 2.30. The standard InChI is InChI=1S/C16H26N2O/c1-5-7-14(8-6-2)18-15-9-10-16(12(3)11-15)17-13(4)19/h9-11,14,18H,5-8H2,1-4H3,(H,17,19). The number of aryl methyl sites for hydroxylation is 1. The first-order chi connectivity index (χ1) is 9.06. The van der Waals surface area contributed by atoms with Gasteiger partial charge in [-0.25, -0.2) is 0 Å². The summed E-state index contributed by atoms with van der Waals surface area (Å²) in [5.41, 5.74) is 3.12. The molecule has 0 atom stereocenters. The molecule has 0 unspecified atom stereocenters. The molecule has 0 radical (unpaired) electrons. The zero-order chi connectivity index (χ0) is 14.3. The molecular weight excluding hydrogens is 236 g/mol. The number of anilines is 2. The Hall–Kier alpha value is -1.51. The Labute approximate surface area is 116 Å². The third-order valence-electron chi connectivity index (χ3n) is 3.18. The van der Waals surface area contributed by atoms with Gasteiger partial charge in [0.1, 0.15) is 0 Å². The molecule has 0 fully saturated rings. The molecule has 1 aromatic carbocycles. The minimum absolute atomic E-state index is 0.0290. The van der Waals surface area contributed by atoms with E-state index in [0.29, 0.717) is 6.04 Å². The Balaban J connectivity index is 2.73. The van der Waals surface area contributed by atoms with Crippen molar-refractivity contribution in [3.05, 3.63) is 23.8 Å². The van der Waals surface area contributed by atoms with Crippen LogP contribution in [0.4, 0.5) is 11.4 Å². The van der Waals surface area contributed by atoms with E-state index in [1.54, 1.807) is 0 Å². The van der Waals surface area contributed by atoms with Gasteiger partial charge < -0.3 is 10.6 Å². The van der Waals surface area contributed by atoms with Crippen molar-refractivity contribution in [2.75, 3.05) is 10.6 Å². The van der Waals surface area contributed by atoms with Crippen LogP contribution < -0.4 is 10.6 Å². The van der Waals surface area contributed by atoms with Crippen molar-refractivity contribution in [3.8, 4) is 0 Å². The summed E-state index contributed by atoms with van der Waals surface area (Å²) in [5, 5.41) is 6.43. The maximum Gasteiger partial charge on any atom is 0.221 e. The van der Waals surface area contributed by atoms with Crippen LogP contribution in [-0.4, -0.2) is 11.9 Å². The molecule has 0 aromatic heterocycles. The van der Waals surface area contributed by atoms with Gasteiger partial charge in [0.05, 0.1) is 0 Å². The number of rotatable bonds is 7. The molecule has 1 aromatic rings. The number of hydrogen-bond acceptors (Lipinski definition) is 2. The van der Waals surface area contributed by atoms with Crippen LogP contribution in [0.15, 0.2) is 18.2 Å². The topological polar surface area (TPSA) is 41.1 Å². The first-order valence-electron chi connectivity index (χ1n) is 7.21. The van der Waals surface area contributed by atoms with Crippen LogP contribution in [-0.2, 0) is 4.79 Å². The fourth-order valence-electron chi connectivity index (χ4n) is 2.30. The Morgan fingerprint density at radius 2 is 1.84 bits per heavy atom. The fraction of sp³-hybridized carbons (Fsp3) is 0.562. The van der Waals surface area contributed by atoms with Gasteiger partial charge in [-0.05, 0) is 43.5 Å². The van der Waals surface area contributed by atoms with E-state index >= 15 is 0 Å². The average molecular weight is 262 g/mol. The smallest absolute Gasteiger partial charge is 0.221 e. The van der Waals surface area contributed by atoms with E-state index in [-0.39, 0.29) is 5.91 Å². The van der Waals surface area contributed by atoms with Crippen LogP contribution in [0.5, 0.6) is 0 Å². The van der Waals surface area contributed by atoms with Gasteiger partial charge in [-0.1, -0.05) is 26.7 Å². The van der Waals surface area contributed by atoms with E-state index in [4.69, 9.17) is 0 Å². The molecule has 0 saturated carbocycles. The molecule has 1 amide bonds. The van der Waals surface area contributed by atoms with Gasteiger partial charge in [-0.15, -0.1) is 0 Å². The lowest BCUT2D eigenvalue weighted by atomic mass is 10.1. The monoisotopic (exact) mass is 262 g/mol. The molecule has 0 aliphatic rings. The van der Waals surface area contributed by atoms with E-state index in [1.807, 2.05) is 19.1 Å². The third kappa shape index (κ3) is 5.33. The summed E-state index contributed by atoms with van der Waals surface area (Å²) in [6.07, 6.45) is 4.78. The largest absolute Gasteiger partial charge is 0.382 e. The third-order valence-corrected chi connectivity index (χ3v) is 3.18. The summed E-state index contributed by atoms with van der Waals surface area (Å²) in [5.74, 6) is -0.0290. The molecule has 0 saturated heterocycles. The Bertz CT molecular complexity index is 409. The van der Waals surface area contributed by atoms with Crippen molar-refractivity contribution in [1.82, 2.24) is 0 Å². The highest BCUT2D eigenvalue weighted by Crippen LogP contribution is 2.21. The second-order valence-corrected chi connectivity index (χ2v) is 5.13. The molecule has 1 rings (SSSR count). The second kappa shape index (κ2) is 7.82. The Morgan fingerprint density at radius 1 is 1.21 bits per heavy atom. The normalized spacial score (nSPS) is 10.6. The summed E-state index contributed by atoms with van der Waals surface area (Å²) in [7, 11) is 0. The minimum atomic E-state index is -0.0290. The molecule has 2 N–H and O–H groups in total. The average Bonchev–Trinajstić information content (AvgIpc) is 2.33. The van der Waals surface area contributed by atoms with E-state index in [1.165, 1.54) is 32.6 Å². The molecule has 19 heavy (non-hydrogen) atoms. The van der Waals surface area contributed by atoms with Gasteiger partial charge in [-0.2, -0.15) is 0 Å². The maximum absolute atomic E-state index is 11.1. The molecule has 0 aliphatic heterocycles. The van der Waals surface area contributed by atoms with Gasteiger partial charge in [0.15, 0.2) is 0 Å². The number of carbonyl (C=O) groups is 1. The molecular formula is C16H26N2O. The first kappa shape index (κ1) is 15.5. The number of carbonyl (C=O) groups excluding carboxylic acids is 1. The molecule has 0 heterocycles. The molecule has 0 spiro atoms. The summed E-state index contributed by atoms with van der Waals surface area (Å²) in [6.45, 7) is 7.99. The lowest BCUT2D eigenvalue weighted by molar-refractivity contribution is -0.114. The van der Waals surface area contributed by atoms with Gasteiger partial charge in [0.2, 0.25) is 5.91 Å².